The Labute approximate surface area is 258 Å². The van der Waals surface area contributed by atoms with Gasteiger partial charge in [0.05, 0.1) is 17.8 Å². The Balaban J connectivity index is 0.000000386. The van der Waals surface area contributed by atoms with E-state index in [9.17, 15) is 65.9 Å². The molecule has 0 aromatic heterocycles. The minimum atomic E-state index is -5.16. The van der Waals surface area contributed by atoms with Gasteiger partial charge in [-0.2, -0.15) is 0 Å². The number of nitrogens with zero attached hydrogens (tertiary/aromatic N) is 2. The van der Waals surface area contributed by atoms with E-state index in [2.05, 4.69) is 57.4 Å². The Kier molecular flexibility index (Phi) is 10.4. The highest BCUT2D eigenvalue weighted by Crippen LogP contribution is 2.24. The van der Waals surface area contributed by atoms with E-state index in [0.717, 1.165) is 13.1 Å². The monoisotopic (exact) mass is 696 g/mol. The Morgan fingerprint density at radius 1 is 0.447 bits per heavy atom. The van der Waals surface area contributed by atoms with Crippen LogP contribution in [0.3, 0.4) is 0 Å². The lowest BCUT2D eigenvalue weighted by molar-refractivity contribution is -0.584. The average molecular weight is 696 g/mol. The maximum absolute atomic E-state index is 14.4. The van der Waals surface area contributed by atoms with Gasteiger partial charge in [0, 0.05) is 0 Å². The predicted octanol–water partition coefficient (Wildman–Crippen LogP) is 5.96. The zero-order chi connectivity index (χ0) is 36.2. The molecule has 0 saturated heterocycles. The van der Waals surface area contributed by atoms with Crippen molar-refractivity contribution in [1.82, 2.24) is 4.90 Å². The van der Waals surface area contributed by atoms with Gasteiger partial charge >= 0.3 is 0 Å². The first-order valence-electron chi connectivity index (χ1n) is 13.5. The standard InChI is InChI=1S/C18HBF15.C11H23N2/c20-4-1(5(21)11(27)16(32)10(4)26)19(2-6(22)12(28)17(33)13(29)7(2)23)3-8(24)14(30)18(34)15(31)9(3)25;1-10(2,3)12-7-8-13(9-12)11(4,5)6/h19H;9H,7-8H2,1-6H3/q-1;+1. The average Bonchev–Trinajstić information content (AvgIpc) is 3.52. The molecule has 0 unspecified atom stereocenters. The smallest absolute Gasteiger partial charge is 0.235 e. The van der Waals surface area contributed by atoms with Crippen LogP contribution >= 0.6 is 0 Å². The minimum absolute atomic E-state index is 0.264. The van der Waals surface area contributed by atoms with Gasteiger partial charge in [-0.05, 0) is 41.5 Å². The predicted molar refractivity (Wildman–Crippen MR) is 142 cm³/mol. The van der Waals surface area contributed by atoms with Crippen LogP contribution in [0.1, 0.15) is 41.5 Å². The Bertz CT molecular complexity index is 1530. The molecule has 0 N–H and O–H groups in total. The largest absolute Gasteiger partial charge is 0.260 e. The zero-order valence-corrected chi connectivity index (χ0v) is 25.3. The second-order valence-corrected chi connectivity index (χ2v) is 12.5. The fourth-order valence-electron chi connectivity index (χ4n) is 4.93. The third-order valence-corrected chi connectivity index (χ3v) is 7.55. The van der Waals surface area contributed by atoms with Crippen LogP contribution in [0.25, 0.3) is 0 Å². The summed E-state index contributed by atoms with van der Waals surface area (Å²) in [7, 11) is 0. The second kappa shape index (κ2) is 13.0. The molecule has 0 saturated carbocycles. The molecule has 0 amide bonds. The van der Waals surface area contributed by atoms with Crippen molar-refractivity contribution in [2.75, 3.05) is 13.1 Å². The van der Waals surface area contributed by atoms with Gasteiger partial charge in [-0.25, -0.2) is 65.9 Å². The molecular formula is C29H24BF15N2. The maximum Gasteiger partial charge on any atom is 0.235 e. The molecule has 1 heterocycles. The van der Waals surface area contributed by atoms with Crippen molar-refractivity contribution in [3.8, 4) is 0 Å². The topological polar surface area (TPSA) is 6.25 Å². The van der Waals surface area contributed by atoms with E-state index < -0.39 is 110 Å². The fraction of sp³-hybridized carbons (Fsp3) is 0.345. The van der Waals surface area contributed by atoms with Gasteiger partial charge in [0.1, 0.15) is 48.0 Å². The van der Waals surface area contributed by atoms with E-state index in [4.69, 9.17) is 0 Å². The quantitative estimate of drug-likeness (QED) is 0.108. The molecule has 3 aromatic rings. The lowest BCUT2D eigenvalue weighted by Gasteiger charge is -2.30. The number of hydrogen-bond donors (Lipinski definition) is 0. The molecule has 2 nitrogen and oxygen atoms in total. The molecule has 4 rings (SSSR count). The Hall–Kier alpha value is -3.86. The molecule has 0 atom stereocenters. The van der Waals surface area contributed by atoms with Crippen molar-refractivity contribution in [2.45, 2.75) is 52.6 Å². The maximum atomic E-state index is 14.4. The van der Waals surface area contributed by atoms with Crippen molar-refractivity contribution >= 4 is 29.4 Å². The van der Waals surface area contributed by atoms with Crippen LogP contribution in [0.5, 0.6) is 0 Å². The van der Waals surface area contributed by atoms with Crippen LogP contribution in [0, 0.1) is 87.3 Å². The van der Waals surface area contributed by atoms with Crippen molar-refractivity contribution in [3.63, 3.8) is 0 Å². The first kappa shape index (κ1) is 37.6. The summed E-state index contributed by atoms with van der Waals surface area (Å²) in [5.41, 5.74) is -7.26. The summed E-state index contributed by atoms with van der Waals surface area (Å²) in [5.74, 6) is -44.8. The number of benzene rings is 3. The van der Waals surface area contributed by atoms with Crippen LogP contribution < -0.4 is 16.4 Å². The molecule has 0 spiro atoms. The van der Waals surface area contributed by atoms with Gasteiger partial charge in [-0.1, -0.05) is 0 Å². The van der Waals surface area contributed by atoms with Crippen LogP contribution in [-0.4, -0.2) is 46.7 Å². The third-order valence-electron chi connectivity index (χ3n) is 7.55. The first-order valence-corrected chi connectivity index (χ1v) is 13.5. The van der Waals surface area contributed by atoms with Gasteiger partial charge < -0.3 is 0 Å². The molecule has 3 aromatic carbocycles. The fourth-order valence-corrected chi connectivity index (χ4v) is 4.93. The molecule has 258 valence electrons. The number of rotatable bonds is 3. The first-order chi connectivity index (χ1) is 21.4. The normalized spacial score (nSPS) is 13.7. The zero-order valence-electron chi connectivity index (χ0n) is 25.3. The van der Waals surface area contributed by atoms with Gasteiger partial charge in [0.2, 0.25) is 6.34 Å². The van der Waals surface area contributed by atoms with Gasteiger partial charge in [0.25, 0.3) is 0 Å². The van der Waals surface area contributed by atoms with Crippen molar-refractivity contribution in [2.24, 2.45) is 0 Å². The molecule has 0 fully saturated rings. The van der Waals surface area contributed by atoms with Gasteiger partial charge in [-0.15, -0.1) is 16.4 Å². The minimum Gasteiger partial charge on any atom is -0.260 e. The molecule has 1 aliphatic heterocycles. The highest BCUT2D eigenvalue weighted by atomic mass is 19.2. The van der Waals surface area contributed by atoms with E-state index in [0.29, 0.717) is 0 Å². The van der Waals surface area contributed by atoms with Gasteiger partial charge in [0.15, 0.2) is 52.4 Å². The lowest BCUT2D eigenvalue weighted by atomic mass is 9.36. The molecule has 0 aliphatic carbocycles. The van der Waals surface area contributed by atoms with E-state index in [-0.39, 0.29) is 11.1 Å². The molecule has 0 bridgehead atoms. The van der Waals surface area contributed by atoms with Crippen molar-refractivity contribution in [1.29, 1.82) is 0 Å². The molecule has 0 radical (unpaired) electrons. The van der Waals surface area contributed by atoms with Crippen molar-refractivity contribution < 1.29 is 70.4 Å². The Morgan fingerprint density at radius 3 is 0.851 bits per heavy atom. The van der Waals surface area contributed by atoms with Gasteiger partial charge in [-0.3, -0.25) is 9.48 Å². The summed E-state index contributed by atoms with van der Waals surface area (Å²) in [5, 5.41) is 0. The van der Waals surface area contributed by atoms with Crippen LogP contribution in [-0.2, 0) is 0 Å². The van der Waals surface area contributed by atoms with Crippen LogP contribution in [0.2, 0.25) is 0 Å². The molecule has 18 heteroatoms. The second-order valence-electron chi connectivity index (χ2n) is 12.5. The number of halogens is 15. The summed E-state index contributed by atoms with van der Waals surface area (Å²) in [4.78, 5) is 2.41. The SMILES string of the molecule is CC(C)(C)N1C=[N+](C(C)(C)C)CC1.Fc1c(F)c(F)c([BH-](c2c(F)c(F)c(F)c(F)c2F)c2c(F)c(F)c(F)c(F)c2F)c(F)c1F. The molecule has 47 heavy (non-hydrogen) atoms. The summed E-state index contributed by atoms with van der Waals surface area (Å²) in [6, 6.07) is 0. The summed E-state index contributed by atoms with van der Waals surface area (Å²) >= 11 is 0. The van der Waals surface area contributed by atoms with Crippen molar-refractivity contribution in [3.05, 3.63) is 87.3 Å². The van der Waals surface area contributed by atoms with E-state index >= 15 is 0 Å². The van der Waals surface area contributed by atoms with E-state index in [1.165, 1.54) is 0 Å². The van der Waals surface area contributed by atoms with E-state index in [1.807, 2.05) is 0 Å². The number of hydrogen-bond acceptors (Lipinski definition) is 1. The van der Waals surface area contributed by atoms with Crippen LogP contribution in [0.4, 0.5) is 65.9 Å². The molecular weight excluding hydrogens is 672 g/mol. The molecule has 1 aliphatic rings. The summed E-state index contributed by atoms with van der Waals surface area (Å²) in [6.07, 6.45) is 2.28. The van der Waals surface area contributed by atoms with Crippen LogP contribution in [0.15, 0.2) is 0 Å². The third kappa shape index (κ3) is 6.64. The highest BCUT2D eigenvalue weighted by molar-refractivity contribution is 6.95. The highest BCUT2D eigenvalue weighted by Gasteiger charge is 2.38. The van der Waals surface area contributed by atoms with E-state index in [1.54, 1.807) is 0 Å². The summed E-state index contributed by atoms with van der Waals surface area (Å²) in [6.45, 7) is 10.7. The summed E-state index contributed by atoms with van der Waals surface area (Å²) < 4.78 is 211. The lowest BCUT2D eigenvalue weighted by Crippen LogP contribution is -2.60. The Morgan fingerprint density at radius 2 is 0.681 bits per heavy atom.